The zero-order chi connectivity index (χ0) is 9.68. The predicted octanol–water partition coefficient (Wildman–Crippen LogP) is 1.62. The van der Waals surface area contributed by atoms with Crippen molar-refractivity contribution in [2.75, 3.05) is 11.9 Å². The summed E-state index contributed by atoms with van der Waals surface area (Å²) in [6, 6.07) is 0.418. The molecule has 0 aromatic carbocycles. The summed E-state index contributed by atoms with van der Waals surface area (Å²) in [5, 5.41) is 6.40. The lowest BCUT2D eigenvalue weighted by Crippen LogP contribution is -2.31. The molecule has 0 radical (unpaired) electrons. The minimum absolute atomic E-state index is 0.418. The Morgan fingerprint density at radius 2 is 2.46 bits per heavy atom. The molecule has 0 aliphatic rings. The standard InChI is InChI=1S/C8H13N3OS/c1-6(2)5-10-8(13)11-7-9-3-4-12-7/h3-4,6H,5H2,1-2H3,(H2,9,10,11,13). The van der Waals surface area contributed by atoms with Gasteiger partial charge in [-0.25, -0.2) is 4.98 Å². The quantitative estimate of drug-likeness (QED) is 0.724. The van der Waals surface area contributed by atoms with Crippen molar-refractivity contribution >= 4 is 23.3 Å². The molecule has 0 atom stereocenters. The zero-order valence-corrected chi connectivity index (χ0v) is 8.52. The fourth-order valence-electron chi connectivity index (χ4n) is 0.723. The number of hydrogen-bond acceptors (Lipinski definition) is 3. The van der Waals surface area contributed by atoms with Gasteiger partial charge in [0.1, 0.15) is 6.26 Å². The molecule has 0 spiro atoms. The molecule has 0 aliphatic heterocycles. The van der Waals surface area contributed by atoms with Crippen molar-refractivity contribution in [1.82, 2.24) is 10.3 Å². The van der Waals surface area contributed by atoms with Crippen molar-refractivity contribution in [3.05, 3.63) is 12.5 Å². The molecular formula is C8H13N3OS. The summed E-state index contributed by atoms with van der Waals surface area (Å²) in [6.07, 6.45) is 3.06. The van der Waals surface area contributed by atoms with Crippen LogP contribution in [0.3, 0.4) is 0 Å². The molecular weight excluding hydrogens is 186 g/mol. The Morgan fingerprint density at radius 3 is 3.00 bits per heavy atom. The fourth-order valence-corrected chi connectivity index (χ4v) is 0.894. The lowest BCUT2D eigenvalue weighted by atomic mass is 10.2. The topological polar surface area (TPSA) is 50.1 Å². The Kier molecular flexibility index (Phi) is 3.70. The summed E-state index contributed by atoms with van der Waals surface area (Å²) in [5.74, 6) is 0.560. The molecule has 2 N–H and O–H groups in total. The largest absolute Gasteiger partial charge is 0.432 e. The fraction of sp³-hybridized carbons (Fsp3) is 0.500. The molecule has 0 saturated heterocycles. The summed E-state index contributed by atoms with van der Waals surface area (Å²) in [7, 11) is 0. The second-order valence-corrected chi connectivity index (χ2v) is 3.47. The third kappa shape index (κ3) is 3.89. The van der Waals surface area contributed by atoms with E-state index in [1.54, 1.807) is 6.20 Å². The summed E-state index contributed by atoms with van der Waals surface area (Å²) in [6.45, 7) is 5.06. The molecule has 0 aliphatic carbocycles. The molecule has 1 heterocycles. The molecule has 0 amide bonds. The maximum Gasteiger partial charge on any atom is 0.300 e. The van der Waals surface area contributed by atoms with Gasteiger partial charge in [-0.05, 0) is 18.1 Å². The molecule has 72 valence electrons. The highest BCUT2D eigenvalue weighted by molar-refractivity contribution is 7.80. The van der Waals surface area contributed by atoms with Gasteiger partial charge >= 0.3 is 6.01 Å². The number of hydrogen-bond donors (Lipinski definition) is 2. The van der Waals surface area contributed by atoms with Gasteiger partial charge in [-0.15, -0.1) is 0 Å². The van der Waals surface area contributed by atoms with Crippen LogP contribution in [0.2, 0.25) is 0 Å². The minimum Gasteiger partial charge on any atom is -0.432 e. The number of nitrogens with one attached hydrogen (secondary N) is 2. The minimum atomic E-state index is 0.418. The van der Waals surface area contributed by atoms with Gasteiger partial charge in [0.15, 0.2) is 5.11 Å². The summed E-state index contributed by atoms with van der Waals surface area (Å²) >= 11 is 5.00. The first-order valence-corrected chi connectivity index (χ1v) is 4.53. The number of aromatic nitrogens is 1. The molecule has 0 fully saturated rings. The molecule has 13 heavy (non-hydrogen) atoms. The maximum absolute atomic E-state index is 5.00. The average Bonchev–Trinajstić information content (AvgIpc) is 2.53. The molecule has 0 bridgehead atoms. The molecule has 1 aromatic heterocycles. The first kappa shape index (κ1) is 9.98. The van der Waals surface area contributed by atoms with Crippen LogP contribution in [0.5, 0.6) is 0 Å². The lowest BCUT2D eigenvalue weighted by molar-refractivity contribution is 0.577. The second kappa shape index (κ2) is 4.81. The van der Waals surface area contributed by atoms with E-state index in [1.165, 1.54) is 6.26 Å². The molecule has 1 rings (SSSR count). The van der Waals surface area contributed by atoms with Crippen molar-refractivity contribution in [2.45, 2.75) is 13.8 Å². The van der Waals surface area contributed by atoms with E-state index < -0.39 is 0 Å². The predicted molar refractivity (Wildman–Crippen MR) is 55.6 cm³/mol. The highest BCUT2D eigenvalue weighted by Gasteiger charge is 2.00. The van der Waals surface area contributed by atoms with E-state index in [2.05, 4.69) is 29.5 Å². The van der Waals surface area contributed by atoms with Gasteiger partial charge in [0.25, 0.3) is 0 Å². The Bertz CT molecular complexity index is 258. The second-order valence-electron chi connectivity index (χ2n) is 3.07. The van der Waals surface area contributed by atoms with Crippen molar-refractivity contribution < 1.29 is 4.42 Å². The third-order valence-corrected chi connectivity index (χ3v) is 1.57. The van der Waals surface area contributed by atoms with Gasteiger partial charge in [-0.2, -0.15) is 0 Å². The molecule has 0 saturated carbocycles. The SMILES string of the molecule is CC(C)CNC(=S)Nc1ncco1. The van der Waals surface area contributed by atoms with Crippen molar-refractivity contribution in [3.63, 3.8) is 0 Å². The third-order valence-electron chi connectivity index (χ3n) is 1.32. The van der Waals surface area contributed by atoms with Gasteiger partial charge in [0.05, 0.1) is 6.20 Å². The van der Waals surface area contributed by atoms with Gasteiger partial charge in [0.2, 0.25) is 0 Å². The average molecular weight is 199 g/mol. The van der Waals surface area contributed by atoms with Gasteiger partial charge in [-0.1, -0.05) is 13.8 Å². The maximum atomic E-state index is 5.00. The van der Waals surface area contributed by atoms with Crippen LogP contribution >= 0.6 is 12.2 Å². The van der Waals surface area contributed by atoms with Crippen LogP contribution in [0, 0.1) is 5.92 Å². The number of rotatable bonds is 3. The zero-order valence-electron chi connectivity index (χ0n) is 7.70. The van der Waals surface area contributed by atoms with Crippen LogP contribution in [0.4, 0.5) is 6.01 Å². The Labute approximate surface area is 82.7 Å². The summed E-state index contributed by atoms with van der Waals surface area (Å²) in [5.41, 5.74) is 0. The number of thiocarbonyl (C=S) groups is 1. The van der Waals surface area contributed by atoms with E-state index in [1.807, 2.05) is 0 Å². The van der Waals surface area contributed by atoms with E-state index in [4.69, 9.17) is 16.6 Å². The highest BCUT2D eigenvalue weighted by Crippen LogP contribution is 2.00. The molecule has 5 heteroatoms. The van der Waals surface area contributed by atoms with Crippen LogP contribution < -0.4 is 10.6 Å². The monoisotopic (exact) mass is 199 g/mol. The van der Waals surface area contributed by atoms with Crippen molar-refractivity contribution in [2.24, 2.45) is 5.92 Å². The van der Waals surface area contributed by atoms with E-state index in [0.717, 1.165) is 6.54 Å². The number of nitrogens with zero attached hydrogens (tertiary/aromatic N) is 1. The van der Waals surface area contributed by atoms with Gasteiger partial charge in [0, 0.05) is 6.54 Å². The number of anilines is 1. The first-order valence-electron chi connectivity index (χ1n) is 4.13. The van der Waals surface area contributed by atoms with Gasteiger partial charge < -0.3 is 9.73 Å². The van der Waals surface area contributed by atoms with Crippen LogP contribution in [-0.4, -0.2) is 16.6 Å². The van der Waals surface area contributed by atoms with E-state index in [-0.39, 0.29) is 0 Å². The summed E-state index contributed by atoms with van der Waals surface area (Å²) < 4.78 is 4.96. The Balaban J connectivity index is 2.26. The van der Waals surface area contributed by atoms with Crippen LogP contribution in [0.15, 0.2) is 16.9 Å². The van der Waals surface area contributed by atoms with Crippen molar-refractivity contribution in [3.8, 4) is 0 Å². The van der Waals surface area contributed by atoms with Crippen molar-refractivity contribution in [1.29, 1.82) is 0 Å². The Morgan fingerprint density at radius 1 is 1.69 bits per heavy atom. The molecule has 0 unspecified atom stereocenters. The van der Waals surface area contributed by atoms with E-state index in [9.17, 15) is 0 Å². The molecule has 4 nitrogen and oxygen atoms in total. The normalized spacial score (nSPS) is 10.1. The Hall–Kier alpha value is -1.10. The highest BCUT2D eigenvalue weighted by atomic mass is 32.1. The lowest BCUT2D eigenvalue weighted by Gasteiger charge is -2.09. The van der Waals surface area contributed by atoms with Crippen LogP contribution in [0.1, 0.15) is 13.8 Å². The van der Waals surface area contributed by atoms with Gasteiger partial charge in [-0.3, -0.25) is 5.32 Å². The van der Waals surface area contributed by atoms with Crippen LogP contribution in [-0.2, 0) is 0 Å². The van der Waals surface area contributed by atoms with E-state index in [0.29, 0.717) is 17.0 Å². The van der Waals surface area contributed by atoms with E-state index >= 15 is 0 Å². The molecule has 1 aromatic rings. The van der Waals surface area contributed by atoms with Crippen LogP contribution in [0.25, 0.3) is 0 Å². The number of oxazole rings is 1. The summed E-state index contributed by atoms with van der Waals surface area (Å²) in [4.78, 5) is 3.88. The smallest absolute Gasteiger partial charge is 0.300 e. The first-order chi connectivity index (χ1) is 6.18.